The molecule has 0 aliphatic carbocycles. The molecule has 38 heavy (non-hydrogen) atoms. The molecule has 0 bridgehead atoms. The number of fused-ring (bicyclic) bond motifs is 1. The Morgan fingerprint density at radius 1 is 0.421 bits per heavy atom. The van der Waals surface area contributed by atoms with E-state index in [1.165, 1.54) is 12.1 Å². The van der Waals surface area contributed by atoms with Crippen molar-refractivity contribution in [3.63, 3.8) is 0 Å². The number of aromatic nitrogens is 1. The van der Waals surface area contributed by atoms with Gasteiger partial charge in [0.1, 0.15) is 0 Å². The summed E-state index contributed by atoms with van der Waals surface area (Å²) in [5.41, 5.74) is 7.67. The fraction of sp³-hybridized carbons (Fsp3) is 0.0294. The zero-order chi connectivity index (χ0) is 26.1. The van der Waals surface area contributed by atoms with Crippen molar-refractivity contribution in [1.82, 2.24) is 4.98 Å². The molecule has 4 heteroatoms. The third-order valence-corrected chi connectivity index (χ3v) is 6.82. The fourth-order valence-electron chi connectivity index (χ4n) is 4.70. The monoisotopic (exact) mass is 501 g/mol. The number of benzene rings is 5. The molecule has 0 N–H and O–H groups in total. The van der Waals surface area contributed by atoms with Gasteiger partial charge in [-0.1, -0.05) is 91.0 Å². The highest BCUT2D eigenvalue weighted by molar-refractivity contribution is 5.91. The standard InChI is InChI=1S/C34H22F3N/c35-34(36,37)33-17-15-24(16-18-33)23-3-5-25(6-4-23)28-11-13-31-21-29(12-14-30(31)20-28)26-7-9-27(10-8-26)32-2-1-19-38-22-32/h1-22H. The molecule has 0 aliphatic heterocycles. The van der Waals surface area contributed by atoms with Gasteiger partial charge in [0.15, 0.2) is 0 Å². The Kier molecular flexibility index (Phi) is 6.01. The normalized spacial score (nSPS) is 11.6. The quantitative estimate of drug-likeness (QED) is 0.234. The van der Waals surface area contributed by atoms with Crippen molar-refractivity contribution in [2.75, 3.05) is 0 Å². The van der Waals surface area contributed by atoms with E-state index in [2.05, 4.69) is 71.7 Å². The van der Waals surface area contributed by atoms with Crippen LogP contribution in [0.4, 0.5) is 13.2 Å². The van der Waals surface area contributed by atoms with E-state index in [-0.39, 0.29) is 0 Å². The van der Waals surface area contributed by atoms with Crippen molar-refractivity contribution in [3.05, 3.63) is 139 Å². The number of halogens is 3. The second kappa shape index (κ2) is 9.64. The van der Waals surface area contributed by atoms with Crippen LogP contribution in [0.2, 0.25) is 0 Å². The van der Waals surface area contributed by atoms with Gasteiger partial charge in [0.2, 0.25) is 0 Å². The van der Waals surface area contributed by atoms with Crippen molar-refractivity contribution in [1.29, 1.82) is 0 Å². The Morgan fingerprint density at radius 3 is 1.24 bits per heavy atom. The molecule has 0 spiro atoms. The maximum absolute atomic E-state index is 12.9. The molecule has 1 aromatic heterocycles. The maximum atomic E-state index is 12.9. The molecule has 0 atom stereocenters. The van der Waals surface area contributed by atoms with Crippen molar-refractivity contribution < 1.29 is 13.2 Å². The average molecular weight is 502 g/mol. The molecule has 1 nitrogen and oxygen atoms in total. The molecule has 0 saturated heterocycles. The number of hydrogen-bond acceptors (Lipinski definition) is 1. The van der Waals surface area contributed by atoms with Gasteiger partial charge in [-0.15, -0.1) is 0 Å². The first-order valence-electron chi connectivity index (χ1n) is 12.3. The molecule has 1 heterocycles. The van der Waals surface area contributed by atoms with E-state index in [0.717, 1.165) is 67.4 Å². The lowest BCUT2D eigenvalue weighted by molar-refractivity contribution is -0.137. The number of rotatable bonds is 4. The summed E-state index contributed by atoms with van der Waals surface area (Å²) in [6, 6.07) is 38.5. The van der Waals surface area contributed by atoms with Crippen LogP contribution in [0.5, 0.6) is 0 Å². The summed E-state index contributed by atoms with van der Waals surface area (Å²) in [7, 11) is 0. The molecular formula is C34H22F3N. The highest BCUT2D eigenvalue weighted by Crippen LogP contribution is 2.33. The van der Waals surface area contributed by atoms with Crippen molar-refractivity contribution in [3.8, 4) is 44.5 Å². The van der Waals surface area contributed by atoms with Crippen molar-refractivity contribution >= 4 is 10.8 Å². The van der Waals surface area contributed by atoms with Gasteiger partial charge >= 0.3 is 6.18 Å². The van der Waals surface area contributed by atoms with Crippen LogP contribution in [-0.4, -0.2) is 4.98 Å². The molecule has 0 saturated carbocycles. The lowest BCUT2D eigenvalue weighted by Crippen LogP contribution is -2.03. The van der Waals surface area contributed by atoms with E-state index in [9.17, 15) is 13.2 Å². The topological polar surface area (TPSA) is 12.9 Å². The zero-order valence-electron chi connectivity index (χ0n) is 20.3. The van der Waals surface area contributed by atoms with Gasteiger partial charge in [0.25, 0.3) is 0 Å². The zero-order valence-corrected chi connectivity index (χ0v) is 20.3. The van der Waals surface area contributed by atoms with Crippen molar-refractivity contribution in [2.45, 2.75) is 6.18 Å². The Labute approximate surface area is 218 Å². The second-order valence-electron chi connectivity index (χ2n) is 9.25. The smallest absolute Gasteiger partial charge is 0.264 e. The van der Waals surface area contributed by atoms with Crippen LogP contribution in [0.25, 0.3) is 55.3 Å². The summed E-state index contributed by atoms with van der Waals surface area (Å²) in [5, 5.41) is 2.30. The molecule has 0 radical (unpaired) electrons. The van der Waals surface area contributed by atoms with Gasteiger partial charge in [-0.3, -0.25) is 4.98 Å². The van der Waals surface area contributed by atoms with E-state index in [0.29, 0.717) is 0 Å². The minimum atomic E-state index is -4.33. The van der Waals surface area contributed by atoms with Gasteiger partial charge < -0.3 is 0 Å². The van der Waals surface area contributed by atoms with Gasteiger partial charge in [-0.2, -0.15) is 13.2 Å². The van der Waals surface area contributed by atoms with E-state index < -0.39 is 11.7 Å². The van der Waals surface area contributed by atoms with Crippen molar-refractivity contribution in [2.24, 2.45) is 0 Å². The molecule has 6 rings (SSSR count). The molecule has 0 fully saturated rings. The summed E-state index contributed by atoms with van der Waals surface area (Å²) in [5.74, 6) is 0. The summed E-state index contributed by atoms with van der Waals surface area (Å²) < 4.78 is 38.6. The lowest BCUT2D eigenvalue weighted by Gasteiger charge is -2.10. The molecular weight excluding hydrogens is 479 g/mol. The first-order chi connectivity index (χ1) is 18.4. The molecule has 0 amide bonds. The first kappa shape index (κ1) is 23.7. The number of hydrogen-bond donors (Lipinski definition) is 0. The fourth-order valence-corrected chi connectivity index (χ4v) is 4.70. The Balaban J connectivity index is 1.23. The first-order valence-corrected chi connectivity index (χ1v) is 12.3. The Hall–Kier alpha value is -4.70. The van der Waals surface area contributed by atoms with Gasteiger partial charge in [-0.05, 0) is 85.6 Å². The molecule has 5 aromatic carbocycles. The summed E-state index contributed by atoms with van der Waals surface area (Å²) in [6.45, 7) is 0. The third kappa shape index (κ3) is 4.81. The Bertz CT molecular complexity index is 1700. The minimum Gasteiger partial charge on any atom is -0.264 e. The van der Waals surface area contributed by atoms with Crippen LogP contribution in [0.1, 0.15) is 5.56 Å². The van der Waals surface area contributed by atoms with E-state index in [1.54, 1.807) is 6.20 Å². The summed E-state index contributed by atoms with van der Waals surface area (Å²) >= 11 is 0. The minimum absolute atomic E-state index is 0.640. The van der Waals surface area contributed by atoms with E-state index in [1.807, 2.05) is 36.5 Å². The highest BCUT2D eigenvalue weighted by atomic mass is 19.4. The van der Waals surface area contributed by atoms with Crippen LogP contribution in [0.15, 0.2) is 134 Å². The number of nitrogens with zero attached hydrogens (tertiary/aromatic N) is 1. The van der Waals surface area contributed by atoms with Gasteiger partial charge in [0, 0.05) is 12.4 Å². The predicted molar refractivity (Wildman–Crippen MR) is 148 cm³/mol. The van der Waals surface area contributed by atoms with Crippen LogP contribution >= 0.6 is 0 Å². The molecule has 6 aromatic rings. The van der Waals surface area contributed by atoms with Crippen LogP contribution < -0.4 is 0 Å². The van der Waals surface area contributed by atoms with E-state index >= 15 is 0 Å². The van der Waals surface area contributed by atoms with Gasteiger partial charge in [0.05, 0.1) is 5.56 Å². The number of alkyl halides is 3. The van der Waals surface area contributed by atoms with Gasteiger partial charge in [-0.25, -0.2) is 0 Å². The van der Waals surface area contributed by atoms with Crippen LogP contribution in [0.3, 0.4) is 0 Å². The predicted octanol–water partition coefficient (Wildman–Crippen LogP) is 9.92. The third-order valence-electron chi connectivity index (χ3n) is 6.82. The highest BCUT2D eigenvalue weighted by Gasteiger charge is 2.29. The number of pyridine rings is 1. The van der Waals surface area contributed by atoms with E-state index in [4.69, 9.17) is 0 Å². The lowest BCUT2D eigenvalue weighted by atomic mass is 9.96. The molecule has 0 aliphatic rings. The largest absolute Gasteiger partial charge is 0.416 e. The molecule has 184 valence electrons. The molecule has 0 unspecified atom stereocenters. The van der Waals surface area contributed by atoms with Crippen LogP contribution in [0, 0.1) is 0 Å². The summed E-state index contributed by atoms with van der Waals surface area (Å²) in [4.78, 5) is 4.20. The second-order valence-corrected chi connectivity index (χ2v) is 9.25. The average Bonchev–Trinajstić information content (AvgIpc) is 2.97. The SMILES string of the molecule is FC(F)(F)c1ccc(-c2ccc(-c3ccc4cc(-c5ccc(-c6cccnc6)cc5)ccc4c3)cc2)cc1. The maximum Gasteiger partial charge on any atom is 0.416 e. The summed E-state index contributed by atoms with van der Waals surface area (Å²) in [6.07, 6.45) is -0.689. The Morgan fingerprint density at radius 2 is 0.816 bits per heavy atom. The van der Waals surface area contributed by atoms with Crippen LogP contribution in [-0.2, 0) is 6.18 Å².